The van der Waals surface area contributed by atoms with Gasteiger partial charge in [-0.1, -0.05) is 6.07 Å². The predicted molar refractivity (Wildman–Crippen MR) is 71.5 cm³/mol. The monoisotopic (exact) mass is 274 g/mol. The lowest BCUT2D eigenvalue weighted by Gasteiger charge is -2.03. The fraction of sp³-hybridized carbons (Fsp3) is 0.0667. The van der Waals surface area contributed by atoms with E-state index in [0.29, 0.717) is 5.56 Å². The van der Waals surface area contributed by atoms with Crippen LogP contribution in [0.1, 0.15) is 11.1 Å². The van der Waals surface area contributed by atoms with Crippen molar-refractivity contribution in [2.45, 2.75) is 6.54 Å². The van der Waals surface area contributed by atoms with E-state index >= 15 is 0 Å². The molecule has 0 radical (unpaired) electrons. The number of halogens is 2. The summed E-state index contributed by atoms with van der Waals surface area (Å²) in [7, 11) is 0. The number of aromatic nitrogens is 1. The van der Waals surface area contributed by atoms with E-state index in [1.807, 2.05) is 0 Å². The maximum absolute atomic E-state index is 12.9. The first-order valence-electron chi connectivity index (χ1n) is 5.94. The summed E-state index contributed by atoms with van der Waals surface area (Å²) >= 11 is 0. The molecule has 3 nitrogen and oxygen atoms in total. The van der Waals surface area contributed by atoms with Gasteiger partial charge >= 0.3 is 0 Å². The summed E-state index contributed by atoms with van der Waals surface area (Å²) in [6.45, 7) is 0.0604. The third-order valence-corrected chi connectivity index (χ3v) is 2.50. The van der Waals surface area contributed by atoms with E-state index < -0.39 is 11.6 Å². The number of pyridine rings is 1. The zero-order valence-corrected chi connectivity index (χ0v) is 10.5. The minimum absolute atomic E-state index is 0.0604. The minimum atomic E-state index is -0.667. The molecule has 0 saturated heterocycles. The smallest absolute Gasteiger partial charge is 0.244 e. The Hall–Kier alpha value is -2.56. The van der Waals surface area contributed by atoms with Crippen LogP contribution < -0.4 is 5.32 Å². The van der Waals surface area contributed by atoms with Crippen LogP contribution in [-0.4, -0.2) is 10.9 Å². The first-order chi connectivity index (χ1) is 9.63. The molecular formula is C15H12F2N2O. The molecule has 1 N–H and O–H groups in total. The molecular weight excluding hydrogens is 262 g/mol. The molecule has 0 bridgehead atoms. The Bertz CT molecular complexity index is 607. The van der Waals surface area contributed by atoms with Gasteiger partial charge in [0.2, 0.25) is 5.91 Å². The van der Waals surface area contributed by atoms with E-state index in [1.165, 1.54) is 18.2 Å². The summed E-state index contributed by atoms with van der Waals surface area (Å²) in [4.78, 5) is 15.5. The minimum Gasteiger partial charge on any atom is -0.348 e. The number of carbonyl (C=O) groups is 1. The molecule has 0 aliphatic carbocycles. The topological polar surface area (TPSA) is 42.0 Å². The summed E-state index contributed by atoms with van der Waals surface area (Å²) in [5.74, 6) is -1.68. The van der Waals surface area contributed by atoms with Gasteiger partial charge in [-0.2, -0.15) is 0 Å². The summed E-state index contributed by atoms with van der Waals surface area (Å²) in [6, 6.07) is 6.70. The van der Waals surface area contributed by atoms with Crippen molar-refractivity contribution < 1.29 is 13.6 Å². The molecule has 0 unspecified atom stereocenters. The van der Waals surface area contributed by atoms with Crippen molar-refractivity contribution in [2.24, 2.45) is 0 Å². The first kappa shape index (κ1) is 13.9. The van der Waals surface area contributed by atoms with Gasteiger partial charge in [0.25, 0.3) is 0 Å². The van der Waals surface area contributed by atoms with Crippen LogP contribution in [0.5, 0.6) is 0 Å². The predicted octanol–water partition coefficient (Wildman–Crippen LogP) is 2.69. The van der Waals surface area contributed by atoms with Crippen molar-refractivity contribution in [1.29, 1.82) is 0 Å². The zero-order valence-electron chi connectivity index (χ0n) is 10.5. The number of amides is 1. The Morgan fingerprint density at radius 1 is 1.25 bits per heavy atom. The van der Waals surface area contributed by atoms with Gasteiger partial charge in [-0.15, -0.1) is 0 Å². The van der Waals surface area contributed by atoms with E-state index in [-0.39, 0.29) is 12.5 Å². The highest BCUT2D eigenvalue weighted by Crippen LogP contribution is 2.07. The van der Waals surface area contributed by atoms with E-state index in [4.69, 9.17) is 0 Å². The summed E-state index contributed by atoms with van der Waals surface area (Å²) in [5.41, 5.74) is 1.16. The van der Waals surface area contributed by atoms with Crippen LogP contribution in [0, 0.1) is 11.6 Å². The summed E-state index contributed by atoms with van der Waals surface area (Å²) < 4.78 is 25.9. The molecule has 0 saturated carbocycles. The van der Waals surface area contributed by atoms with Crippen LogP contribution in [-0.2, 0) is 11.3 Å². The molecule has 1 aromatic carbocycles. The molecule has 0 aliphatic rings. The standard InChI is InChI=1S/C15H12F2N2O/c16-13-6-12(7-14(17)8-13)10-19-15(20)4-3-11-2-1-5-18-9-11/h1-9H,10H2,(H,19,20)/b4-3+. The van der Waals surface area contributed by atoms with E-state index in [1.54, 1.807) is 30.6 Å². The number of hydrogen-bond donors (Lipinski definition) is 1. The van der Waals surface area contributed by atoms with Gasteiger partial charge in [0, 0.05) is 31.1 Å². The van der Waals surface area contributed by atoms with Gasteiger partial charge in [-0.05, 0) is 35.4 Å². The molecule has 0 fully saturated rings. The van der Waals surface area contributed by atoms with E-state index in [2.05, 4.69) is 10.3 Å². The second-order valence-corrected chi connectivity index (χ2v) is 4.12. The van der Waals surface area contributed by atoms with Crippen LogP contribution in [0.2, 0.25) is 0 Å². The molecule has 5 heteroatoms. The fourth-order valence-electron chi connectivity index (χ4n) is 1.61. The molecule has 1 heterocycles. The number of nitrogens with one attached hydrogen (secondary N) is 1. The SMILES string of the molecule is O=C(/C=C/c1cccnc1)NCc1cc(F)cc(F)c1. The Balaban J connectivity index is 1.91. The van der Waals surface area contributed by atoms with Gasteiger partial charge < -0.3 is 5.32 Å². The van der Waals surface area contributed by atoms with Gasteiger partial charge in [0.05, 0.1) is 0 Å². The van der Waals surface area contributed by atoms with Gasteiger partial charge in [-0.25, -0.2) is 8.78 Å². The quantitative estimate of drug-likeness (QED) is 0.871. The molecule has 20 heavy (non-hydrogen) atoms. The summed E-state index contributed by atoms with van der Waals surface area (Å²) in [6.07, 6.45) is 6.20. The second kappa shape index (κ2) is 6.56. The number of rotatable bonds is 4. The van der Waals surface area contributed by atoms with Crippen LogP contribution in [0.25, 0.3) is 6.08 Å². The van der Waals surface area contributed by atoms with Crippen LogP contribution in [0.4, 0.5) is 8.78 Å². The highest BCUT2D eigenvalue weighted by Gasteiger charge is 2.02. The lowest BCUT2D eigenvalue weighted by atomic mass is 10.2. The van der Waals surface area contributed by atoms with E-state index in [9.17, 15) is 13.6 Å². The van der Waals surface area contributed by atoms with Gasteiger partial charge in [0.15, 0.2) is 0 Å². The molecule has 0 spiro atoms. The molecule has 0 aliphatic heterocycles. The average Bonchev–Trinajstić information content (AvgIpc) is 2.43. The molecule has 0 atom stereocenters. The fourth-order valence-corrected chi connectivity index (χ4v) is 1.61. The molecule has 2 rings (SSSR count). The Morgan fingerprint density at radius 3 is 2.65 bits per heavy atom. The second-order valence-electron chi connectivity index (χ2n) is 4.12. The number of benzene rings is 1. The Morgan fingerprint density at radius 2 is 2.00 bits per heavy atom. The van der Waals surface area contributed by atoms with Crippen molar-refractivity contribution in [3.8, 4) is 0 Å². The highest BCUT2D eigenvalue weighted by atomic mass is 19.1. The Labute approximate surface area is 115 Å². The molecule has 2 aromatic rings. The lowest BCUT2D eigenvalue weighted by Crippen LogP contribution is -2.20. The van der Waals surface area contributed by atoms with E-state index in [0.717, 1.165) is 11.6 Å². The number of hydrogen-bond acceptors (Lipinski definition) is 2. The lowest BCUT2D eigenvalue weighted by molar-refractivity contribution is -0.116. The number of carbonyl (C=O) groups excluding carboxylic acids is 1. The zero-order chi connectivity index (χ0) is 14.4. The maximum atomic E-state index is 12.9. The summed E-state index contributed by atoms with van der Waals surface area (Å²) in [5, 5.41) is 2.54. The molecule has 1 amide bonds. The third kappa shape index (κ3) is 4.28. The van der Waals surface area contributed by atoms with Crippen molar-refractivity contribution >= 4 is 12.0 Å². The number of nitrogens with zero attached hydrogens (tertiary/aromatic N) is 1. The van der Waals surface area contributed by atoms with Gasteiger partial charge in [0.1, 0.15) is 11.6 Å². The van der Waals surface area contributed by atoms with Crippen molar-refractivity contribution in [1.82, 2.24) is 10.3 Å². The van der Waals surface area contributed by atoms with Crippen molar-refractivity contribution in [3.63, 3.8) is 0 Å². The van der Waals surface area contributed by atoms with Crippen LogP contribution >= 0.6 is 0 Å². The molecule has 102 valence electrons. The van der Waals surface area contributed by atoms with Crippen molar-refractivity contribution in [3.05, 3.63) is 71.6 Å². The van der Waals surface area contributed by atoms with Gasteiger partial charge in [-0.3, -0.25) is 9.78 Å². The van der Waals surface area contributed by atoms with Crippen molar-refractivity contribution in [2.75, 3.05) is 0 Å². The largest absolute Gasteiger partial charge is 0.348 e. The maximum Gasteiger partial charge on any atom is 0.244 e. The normalized spacial score (nSPS) is 10.7. The first-order valence-corrected chi connectivity index (χ1v) is 5.94. The average molecular weight is 274 g/mol. The highest BCUT2D eigenvalue weighted by molar-refractivity contribution is 5.91. The van der Waals surface area contributed by atoms with Crippen LogP contribution in [0.15, 0.2) is 48.8 Å². The molecule has 1 aromatic heterocycles. The third-order valence-electron chi connectivity index (χ3n) is 2.50. The van der Waals surface area contributed by atoms with Crippen LogP contribution in [0.3, 0.4) is 0 Å². The Kier molecular flexibility index (Phi) is 4.55.